The highest BCUT2D eigenvalue weighted by Crippen LogP contribution is 1.87. The summed E-state index contributed by atoms with van der Waals surface area (Å²) in [6.07, 6.45) is 0. The van der Waals surface area contributed by atoms with Crippen LogP contribution in [0.15, 0.2) is 0 Å². The molecule has 0 aromatic heterocycles. The second-order valence-electron chi connectivity index (χ2n) is 1.02. The molecule has 1 atom stereocenters. The van der Waals surface area contributed by atoms with E-state index in [9.17, 15) is 4.39 Å². The first-order valence-corrected chi connectivity index (χ1v) is 1.20. The second kappa shape index (κ2) is 0.914. The van der Waals surface area contributed by atoms with Gasteiger partial charge in [-0.15, -0.1) is 0 Å². The third-order valence-electron chi connectivity index (χ3n) is 0. The van der Waals surface area contributed by atoms with Gasteiger partial charge in [0.25, 0.3) is 5.98 Å². The molecule has 0 radical (unpaired) electrons. The van der Waals surface area contributed by atoms with Gasteiger partial charge >= 0.3 is 0 Å². The summed E-state index contributed by atoms with van der Waals surface area (Å²) in [5, 5.41) is 7.63. The predicted molar refractivity (Wildman–Crippen MR) is 15.9 cm³/mol. The molecule has 0 heterocycles. The molecule has 0 spiro atoms. The van der Waals surface area contributed by atoms with E-state index < -0.39 is 5.98 Å². The maximum atomic E-state index is 11.0. The Morgan fingerprint density at radius 1 is 2.00 bits per heavy atom. The molecule has 5 heavy (non-hydrogen) atoms. The van der Waals surface area contributed by atoms with Crippen LogP contribution in [-0.2, 0) is 0 Å². The maximum absolute atomic E-state index is 11.0. The molecular weight excluding hydrogens is 73.0 g/mol. The summed E-state index contributed by atoms with van der Waals surface area (Å²) in [5.41, 5.74) is 4.24. The van der Waals surface area contributed by atoms with Crippen molar-refractivity contribution >= 4 is 0 Å². The molecule has 0 aliphatic heterocycles. The Morgan fingerprint density at radius 3 is 2.00 bits per heavy atom. The van der Waals surface area contributed by atoms with Crippen molar-refractivity contribution in [2.24, 2.45) is 5.73 Å². The maximum Gasteiger partial charge on any atom is 0.258 e. The summed E-state index contributed by atoms with van der Waals surface area (Å²) in [4.78, 5) is 0. The van der Waals surface area contributed by atoms with Gasteiger partial charge in [0.2, 0.25) is 0 Å². The van der Waals surface area contributed by atoms with E-state index in [0.29, 0.717) is 0 Å². The van der Waals surface area contributed by atoms with Crippen molar-refractivity contribution < 1.29 is 9.50 Å². The molecule has 2 nitrogen and oxygen atoms in total. The van der Waals surface area contributed by atoms with E-state index >= 15 is 0 Å². The first-order valence-electron chi connectivity index (χ1n) is 1.20. The SMILES string of the molecule is C[C@](N)(O)F. The van der Waals surface area contributed by atoms with Crippen molar-refractivity contribution in [2.75, 3.05) is 0 Å². The smallest absolute Gasteiger partial charge is 0.258 e. The van der Waals surface area contributed by atoms with Crippen molar-refractivity contribution in [2.45, 2.75) is 12.9 Å². The molecule has 0 aliphatic rings. The van der Waals surface area contributed by atoms with Crippen LogP contribution < -0.4 is 5.73 Å². The molecule has 3 heteroatoms. The van der Waals surface area contributed by atoms with Gasteiger partial charge < -0.3 is 5.11 Å². The molecule has 0 bridgehead atoms. The van der Waals surface area contributed by atoms with Crippen molar-refractivity contribution in [1.82, 2.24) is 0 Å². The summed E-state index contributed by atoms with van der Waals surface area (Å²) in [6, 6.07) is 0. The minimum absolute atomic E-state index is 0.854. The van der Waals surface area contributed by atoms with Crippen molar-refractivity contribution in [1.29, 1.82) is 0 Å². The van der Waals surface area contributed by atoms with E-state index in [-0.39, 0.29) is 0 Å². The Balaban J connectivity index is 3.02. The minimum Gasteiger partial charge on any atom is -0.350 e. The van der Waals surface area contributed by atoms with Crippen LogP contribution >= 0.6 is 0 Å². The molecule has 0 unspecified atom stereocenters. The Labute approximate surface area is 29.4 Å². The summed E-state index contributed by atoms with van der Waals surface area (Å²) in [6.45, 7) is 0.854. The topological polar surface area (TPSA) is 46.2 Å². The number of hydrogen-bond donors (Lipinski definition) is 2. The van der Waals surface area contributed by atoms with Crippen molar-refractivity contribution in [3.63, 3.8) is 0 Å². The first kappa shape index (κ1) is 4.85. The number of rotatable bonds is 0. The molecule has 0 aromatic carbocycles. The highest BCUT2D eigenvalue weighted by molar-refractivity contribution is 4.35. The van der Waals surface area contributed by atoms with Crippen LogP contribution in [0.1, 0.15) is 6.92 Å². The van der Waals surface area contributed by atoms with E-state index in [1.54, 1.807) is 0 Å². The summed E-state index contributed by atoms with van der Waals surface area (Å²) in [7, 11) is 0. The second-order valence-corrected chi connectivity index (χ2v) is 1.02. The molecule has 0 rings (SSSR count). The fourth-order valence-electron chi connectivity index (χ4n) is 0. The molecule has 3 N–H and O–H groups in total. The fraction of sp³-hybridized carbons (Fsp3) is 1.00. The zero-order chi connectivity index (χ0) is 4.50. The lowest BCUT2D eigenvalue weighted by atomic mass is 10.7. The average molecular weight is 79.1 g/mol. The Morgan fingerprint density at radius 2 is 2.00 bits per heavy atom. The number of nitrogens with two attached hydrogens (primary N) is 1. The molecular formula is C2H6FNO. The van der Waals surface area contributed by atoms with Crippen LogP contribution in [0.3, 0.4) is 0 Å². The lowest BCUT2D eigenvalue weighted by Gasteiger charge is -1.99. The molecule has 0 aromatic rings. The van der Waals surface area contributed by atoms with Gasteiger partial charge in [0, 0.05) is 6.92 Å². The van der Waals surface area contributed by atoms with E-state index in [1.807, 2.05) is 0 Å². The molecule has 32 valence electrons. The Hall–Kier alpha value is -0.150. The lowest BCUT2D eigenvalue weighted by molar-refractivity contribution is -0.0636. The Kier molecular flexibility index (Phi) is 0.886. The van der Waals surface area contributed by atoms with Crippen LogP contribution in [0.25, 0.3) is 0 Å². The molecule has 0 saturated heterocycles. The summed E-state index contributed by atoms with van der Waals surface area (Å²) < 4.78 is 11.0. The molecule has 0 saturated carbocycles. The predicted octanol–water partition coefficient (Wildman–Crippen LogP) is -0.419. The largest absolute Gasteiger partial charge is 0.350 e. The van der Waals surface area contributed by atoms with E-state index in [0.717, 1.165) is 6.92 Å². The van der Waals surface area contributed by atoms with Gasteiger partial charge in [-0.05, 0) is 0 Å². The zero-order valence-corrected chi connectivity index (χ0v) is 2.90. The summed E-state index contributed by atoms with van der Waals surface area (Å²) >= 11 is 0. The monoisotopic (exact) mass is 79.0 g/mol. The molecule has 0 amide bonds. The first-order chi connectivity index (χ1) is 2.00. The standard InChI is InChI=1S/C2H6FNO/c1-2(3,4)5/h5H,4H2,1H3/t2-/m0/s1. The normalized spacial score (nSPS) is 21.6. The van der Waals surface area contributed by atoms with E-state index in [4.69, 9.17) is 5.11 Å². The van der Waals surface area contributed by atoms with Crippen molar-refractivity contribution in [3.8, 4) is 0 Å². The highest BCUT2D eigenvalue weighted by atomic mass is 19.2. The quantitative estimate of drug-likeness (QED) is 0.306. The van der Waals surface area contributed by atoms with Crippen LogP contribution in [0.4, 0.5) is 4.39 Å². The van der Waals surface area contributed by atoms with E-state index in [1.165, 1.54) is 0 Å². The highest BCUT2D eigenvalue weighted by Gasteiger charge is 2.05. The lowest BCUT2D eigenvalue weighted by Crippen LogP contribution is -2.28. The molecule has 0 fully saturated rings. The van der Waals surface area contributed by atoms with Gasteiger partial charge in [0.15, 0.2) is 0 Å². The third-order valence-corrected chi connectivity index (χ3v) is 0. The Bertz CT molecular complexity index is 25.1. The number of alkyl halides is 1. The average Bonchev–Trinajstić information content (AvgIpc) is 0.722. The van der Waals surface area contributed by atoms with Gasteiger partial charge in [-0.25, -0.2) is 0 Å². The van der Waals surface area contributed by atoms with Gasteiger partial charge in [-0.3, -0.25) is 5.73 Å². The van der Waals surface area contributed by atoms with Gasteiger partial charge in [-0.1, -0.05) is 0 Å². The van der Waals surface area contributed by atoms with Crippen LogP contribution in [0, 0.1) is 0 Å². The number of halogens is 1. The fourth-order valence-corrected chi connectivity index (χ4v) is 0. The minimum atomic E-state index is -2.50. The number of hydrogen-bond acceptors (Lipinski definition) is 2. The third kappa shape index (κ3) is 586. The van der Waals surface area contributed by atoms with Gasteiger partial charge in [0.1, 0.15) is 0 Å². The van der Waals surface area contributed by atoms with Crippen LogP contribution in [0.5, 0.6) is 0 Å². The van der Waals surface area contributed by atoms with Gasteiger partial charge in [-0.2, -0.15) is 4.39 Å². The number of aliphatic hydroxyl groups is 1. The zero-order valence-electron chi connectivity index (χ0n) is 2.90. The van der Waals surface area contributed by atoms with Crippen LogP contribution in [0.2, 0.25) is 0 Å². The van der Waals surface area contributed by atoms with Gasteiger partial charge in [0.05, 0.1) is 0 Å². The van der Waals surface area contributed by atoms with Crippen LogP contribution in [-0.4, -0.2) is 11.1 Å². The van der Waals surface area contributed by atoms with E-state index in [2.05, 4.69) is 5.73 Å². The van der Waals surface area contributed by atoms with Crippen molar-refractivity contribution in [3.05, 3.63) is 0 Å². The molecule has 0 aliphatic carbocycles. The summed E-state index contributed by atoms with van der Waals surface area (Å²) in [5.74, 6) is -2.50.